The Morgan fingerprint density at radius 2 is 1.16 bits per heavy atom. The van der Waals surface area contributed by atoms with E-state index in [2.05, 4.69) is 0 Å². The van der Waals surface area contributed by atoms with Gasteiger partial charge in [-0.05, 0) is 59.9 Å². The molecule has 0 unspecified atom stereocenters. The van der Waals surface area contributed by atoms with Crippen LogP contribution in [0.5, 0.6) is 0 Å². The van der Waals surface area contributed by atoms with E-state index in [1.807, 2.05) is 0 Å². The third-order valence-electron chi connectivity index (χ3n) is 5.75. The molecule has 0 saturated heterocycles. The number of rotatable bonds is 3. The number of benzene rings is 2. The van der Waals surface area contributed by atoms with E-state index in [0.29, 0.717) is 25.0 Å². The molecule has 2 nitrogen and oxygen atoms in total. The number of sulfone groups is 1. The third-order valence-corrected chi connectivity index (χ3v) is 7.26. The van der Waals surface area contributed by atoms with Gasteiger partial charge < -0.3 is 0 Å². The number of hydrogen-bond donors (Lipinski definition) is 0. The van der Waals surface area contributed by atoms with Crippen molar-refractivity contribution in [3.8, 4) is 0 Å². The van der Waals surface area contributed by atoms with Crippen LogP contribution in [0, 0.1) is 34.5 Å². The van der Waals surface area contributed by atoms with Crippen LogP contribution in [-0.2, 0) is 9.84 Å². The van der Waals surface area contributed by atoms with Crippen molar-refractivity contribution in [1.82, 2.24) is 0 Å². The fourth-order valence-electron chi connectivity index (χ4n) is 3.91. The van der Waals surface area contributed by atoms with Crippen LogP contribution in [0.15, 0.2) is 29.2 Å². The van der Waals surface area contributed by atoms with Crippen molar-refractivity contribution in [1.29, 1.82) is 0 Å². The molecule has 0 bridgehead atoms. The zero-order valence-electron chi connectivity index (χ0n) is 15.4. The average Bonchev–Trinajstić information content (AvgIpc) is 3.36. The first kappa shape index (κ1) is 21.8. The van der Waals surface area contributed by atoms with Crippen LogP contribution in [-0.4, -0.2) is 13.9 Å². The lowest BCUT2D eigenvalue weighted by molar-refractivity contribution is -0.0436. The van der Waals surface area contributed by atoms with E-state index in [1.165, 1.54) is 0 Å². The molecule has 2 aliphatic carbocycles. The van der Waals surface area contributed by atoms with Gasteiger partial charge in [-0.15, -0.1) is 0 Å². The first-order valence-corrected chi connectivity index (χ1v) is 10.4. The molecule has 0 atom stereocenters. The maximum Gasteiger partial charge on any atom is 0.501 e. The second kappa shape index (κ2) is 6.78. The molecule has 1 spiro atoms. The largest absolute Gasteiger partial charge is 0.501 e. The second-order valence-corrected chi connectivity index (χ2v) is 9.67. The summed E-state index contributed by atoms with van der Waals surface area (Å²) in [5.41, 5.74) is -6.78. The summed E-state index contributed by atoms with van der Waals surface area (Å²) >= 11 is 0. The zero-order chi connectivity index (χ0) is 22.9. The Kier molecular flexibility index (Phi) is 4.77. The van der Waals surface area contributed by atoms with E-state index in [0.717, 1.165) is 12.1 Å². The number of hydrogen-bond acceptors (Lipinski definition) is 2. The number of alkyl halides is 3. The summed E-state index contributed by atoms with van der Waals surface area (Å²) in [7, 11) is -5.60. The SMILES string of the molecule is O=S(=O)(c1ccc(C2=C(c3c(F)c(F)c(F)c(F)c3F)CC3(CC3)C2)cc1)C(F)(F)F. The standard InChI is InChI=1S/C20H12F8O2S/c21-14-13(15(22)17(24)18(25)16(14)23)12-8-19(5-6-19)7-11(12)9-1-3-10(4-2-9)31(29,30)20(26,27)28/h1-4H,5-8H2. The quantitative estimate of drug-likeness (QED) is 0.307. The Morgan fingerprint density at radius 1 is 0.710 bits per heavy atom. The van der Waals surface area contributed by atoms with Gasteiger partial charge in [-0.25, -0.2) is 30.4 Å². The second-order valence-electron chi connectivity index (χ2n) is 7.73. The molecular formula is C20H12F8O2S. The minimum Gasteiger partial charge on any atom is -0.214 e. The van der Waals surface area contributed by atoms with E-state index >= 15 is 0 Å². The molecule has 31 heavy (non-hydrogen) atoms. The van der Waals surface area contributed by atoms with Gasteiger partial charge in [0, 0.05) is 0 Å². The molecule has 2 aliphatic rings. The average molecular weight is 468 g/mol. The molecule has 0 heterocycles. The molecule has 2 aromatic carbocycles. The minimum absolute atomic E-state index is 0.0310. The Hall–Kier alpha value is -2.43. The molecule has 1 fully saturated rings. The van der Waals surface area contributed by atoms with Crippen molar-refractivity contribution in [2.45, 2.75) is 36.1 Å². The van der Waals surface area contributed by atoms with Crippen LogP contribution in [0.25, 0.3) is 11.1 Å². The molecule has 0 N–H and O–H groups in total. The number of halogens is 8. The molecule has 0 aromatic heterocycles. The van der Waals surface area contributed by atoms with Crippen LogP contribution < -0.4 is 0 Å². The Labute approximate surface area is 171 Å². The minimum atomic E-state index is -5.60. The number of allylic oxidation sites excluding steroid dienone is 2. The van der Waals surface area contributed by atoms with E-state index in [4.69, 9.17) is 0 Å². The predicted molar refractivity (Wildman–Crippen MR) is 93.6 cm³/mol. The maximum absolute atomic E-state index is 14.4. The van der Waals surface area contributed by atoms with Gasteiger partial charge >= 0.3 is 5.51 Å². The van der Waals surface area contributed by atoms with Crippen LogP contribution in [0.4, 0.5) is 35.1 Å². The van der Waals surface area contributed by atoms with Crippen molar-refractivity contribution in [2.24, 2.45) is 5.41 Å². The summed E-state index contributed by atoms with van der Waals surface area (Å²) < 4.78 is 131. The van der Waals surface area contributed by atoms with Gasteiger partial charge in [-0.2, -0.15) is 13.2 Å². The lowest BCUT2D eigenvalue weighted by atomic mass is 9.96. The van der Waals surface area contributed by atoms with Gasteiger partial charge in [0.1, 0.15) is 0 Å². The molecule has 0 aliphatic heterocycles. The van der Waals surface area contributed by atoms with Gasteiger partial charge in [-0.3, -0.25) is 0 Å². The summed E-state index contributed by atoms with van der Waals surface area (Å²) in [6, 6.07) is 3.45. The molecule has 2 aromatic rings. The predicted octanol–water partition coefficient (Wildman–Crippen LogP) is 6.16. The molecule has 1 saturated carbocycles. The van der Waals surface area contributed by atoms with Crippen LogP contribution in [0.3, 0.4) is 0 Å². The summed E-state index contributed by atoms with van der Waals surface area (Å²) in [5.74, 6) is -10.5. The van der Waals surface area contributed by atoms with Crippen molar-refractivity contribution in [2.75, 3.05) is 0 Å². The Bertz CT molecular complexity index is 1190. The van der Waals surface area contributed by atoms with E-state index in [-0.39, 0.29) is 29.6 Å². The van der Waals surface area contributed by atoms with E-state index in [1.54, 1.807) is 0 Å². The normalized spacial score (nSPS) is 18.2. The van der Waals surface area contributed by atoms with E-state index in [9.17, 15) is 43.5 Å². The summed E-state index contributed by atoms with van der Waals surface area (Å²) in [6.07, 6.45) is 1.54. The fourth-order valence-corrected chi connectivity index (χ4v) is 4.67. The van der Waals surface area contributed by atoms with E-state index < -0.39 is 60.3 Å². The summed E-state index contributed by atoms with van der Waals surface area (Å²) in [4.78, 5) is -1.03. The molecule has 166 valence electrons. The van der Waals surface area contributed by atoms with Gasteiger partial charge in [0.15, 0.2) is 23.3 Å². The van der Waals surface area contributed by atoms with Gasteiger partial charge in [0.05, 0.1) is 10.5 Å². The Balaban J connectivity index is 1.87. The highest BCUT2D eigenvalue weighted by Gasteiger charge is 2.50. The Morgan fingerprint density at radius 3 is 1.61 bits per heavy atom. The van der Waals surface area contributed by atoms with Crippen molar-refractivity contribution in [3.63, 3.8) is 0 Å². The summed E-state index contributed by atoms with van der Waals surface area (Å²) in [6.45, 7) is 0. The maximum atomic E-state index is 14.4. The lowest BCUT2D eigenvalue weighted by Gasteiger charge is -2.13. The van der Waals surface area contributed by atoms with Crippen molar-refractivity contribution < 1.29 is 43.5 Å². The topological polar surface area (TPSA) is 34.1 Å². The summed E-state index contributed by atoms with van der Waals surface area (Å²) in [5, 5.41) is 0. The molecule has 11 heteroatoms. The smallest absolute Gasteiger partial charge is 0.214 e. The first-order chi connectivity index (χ1) is 14.3. The van der Waals surface area contributed by atoms with Gasteiger partial charge in [0.2, 0.25) is 5.82 Å². The first-order valence-electron chi connectivity index (χ1n) is 8.95. The zero-order valence-corrected chi connectivity index (χ0v) is 16.2. The fraction of sp³-hybridized carbons (Fsp3) is 0.300. The van der Waals surface area contributed by atoms with Crippen LogP contribution >= 0.6 is 0 Å². The molecule has 0 radical (unpaired) electrons. The molecule has 4 rings (SSSR count). The van der Waals surface area contributed by atoms with Crippen LogP contribution in [0.2, 0.25) is 0 Å². The molecule has 0 amide bonds. The van der Waals surface area contributed by atoms with Crippen LogP contribution in [0.1, 0.15) is 36.8 Å². The van der Waals surface area contributed by atoms with Gasteiger partial charge in [-0.1, -0.05) is 12.1 Å². The van der Waals surface area contributed by atoms with Crippen molar-refractivity contribution in [3.05, 3.63) is 64.5 Å². The third kappa shape index (κ3) is 3.33. The lowest BCUT2D eigenvalue weighted by Crippen LogP contribution is -2.23. The highest BCUT2D eigenvalue weighted by molar-refractivity contribution is 7.92. The monoisotopic (exact) mass is 468 g/mol. The van der Waals surface area contributed by atoms with Gasteiger partial charge in [0.25, 0.3) is 9.84 Å². The highest BCUT2D eigenvalue weighted by Crippen LogP contribution is 2.63. The highest BCUT2D eigenvalue weighted by atomic mass is 32.2. The molecular weight excluding hydrogens is 456 g/mol. The van der Waals surface area contributed by atoms with Crippen molar-refractivity contribution >= 4 is 21.0 Å².